The van der Waals surface area contributed by atoms with Crippen molar-refractivity contribution in [1.29, 1.82) is 0 Å². The molecule has 17 heavy (non-hydrogen) atoms. The molecular formula is C12H12N2O2S. The first-order valence-electron chi connectivity index (χ1n) is 5.57. The minimum absolute atomic E-state index is 0.215. The molecule has 1 saturated carbocycles. The van der Waals surface area contributed by atoms with E-state index in [0.717, 1.165) is 5.76 Å². The lowest BCUT2D eigenvalue weighted by atomic mass is 10.3. The van der Waals surface area contributed by atoms with Crippen LogP contribution in [0.5, 0.6) is 0 Å². The average molecular weight is 248 g/mol. The van der Waals surface area contributed by atoms with Gasteiger partial charge in [-0.05, 0) is 36.7 Å². The SMILES string of the molecule is C[C@@H]1C[C@@H]1c1ccc(/C=C2\NC(=S)NC2=O)o1. The summed E-state index contributed by atoms with van der Waals surface area (Å²) in [6, 6.07) is 3.86. The van der Waals surface area contributed by atoms with Crippen LogP contribution in [0.15, 0.2) is 22.2 Å². The second kappa shape index (κ2) is 3.70. The first kappa shape index (κ1) is 10.5. The third kappa shape index (κ3) is 1.98. The monoisotopic (exact) mass is 248 g/mol. The number of thiocarbonyl (C=S) groups is 1. The predicted molar refractivity (Wildman–Crippen MR) is 67.1 cm³/mol. The molecule has 2 heterocycles. The van der Waals surface area contributed by atoms with Crippen LogP contribution in [0.3, 0.4) is 0 Å². The molecule has 1 aromatic heterocycles. The molecule has 0 unspecified atom stereocenters. The number of rotatable bonds is 2. The van der Waals surface area contributed by atoms with Crippen LogP contribution in [0.1, 0.15) is 30.8 Å². The number of amides is 1. The van der Waals surface area contributed by atoms with Crippen molar-refractivity contribution in [2.24, 2.45) is 5.92 Å². The fraction of sp³-hybridized carbons (Fsp3) is 0.333. The van der Waals surface area contributed by atoms with Gasteiger partial charge in [-0.2, -0.15) is 0 Å². The topological polar surface area (TPSA) is 54.3 Å². The highest BCUT2D eigenvalue weighted by molar-refractivity contribution is 7.80. The van der Waals surface area contributed by atoms with Crippen molar-refractivity contribution in [1.82, 2.24) is 10.6 Å². The van der Waals surface area contributed by atoms with Gasteiger partial charge < -0.3 is 9.73 Å². The molecule has 2 atom stereocenters. The Hall–Kier alpha value is -1.62. The van der Waals surface area contributed by atoms with Gasteiger partial charge >= 0.3 is 0 Å². The van der Waals surface area contributed by atoms with Crippen molar-refractivity contribution in [2.45, 2.75) is 19.3 Å². The molecule has 1 saturated heterocycles. The summed E-state index contributed by atoms with van der Waals surface area (Å²) < 4.78 is 5.68. The Balaban J connectivity index is 1.81. The van der Waals surface area contributed by atoms with Crippen LogP contribution in [0.2, 0.25) is 0 Å². The lowest BCUT2D eigenvalue weighted by molar-refractivity contribution is -0.115. The number of carbonyl (C=O) groups excluding carboxylic acids is 1. The number of carbonyl (C=O) groups is 1. The van der Waals surface area contributed by atoms with Gasteiger partial charge in [0.25, 0.3) is 5.91 Å². The highest BCUT2D eigenvalue weighted by atomic mass is 32.1. The Labute approximate surface area is 104 Å². The minimum atomic E-state index is -0.215. The van der Waals surface area contributed by atoms with Gasteiger partial charge in [0.1, 0.15) is 17.2 Å². The smallest absolute Gasteiger partial charge is 0.274 e. The highest BCUT2D eigenvalue weighted by Gasteiger charge is 2.36. The molecule has 1 aliphatic carbocycles. The Morgan fingerprint density at radius 1 is 1.47 bits per heavy atom. The normalized spacial score (nSPS) is 29.4. The molecule has 1 aliphatic heterocycles. The van der Waals surface area contributed by atoms with Gasteiger partial charge in [0.2, 0.25) is 0 Å². The zero-order valence-electron chi connectivity index (χ0n) is 9.32. The second-order valence-electron chi connectivity index (χ2n) is 4.53. The van der Waals surface area contributed by atoms with Crippen molar-refractivity contribution >= 4 is 29.3 Å². The fourth-order valence-electron chi connectivity index (χ4n) is 1.99. The number of hydrogen-bond acceptors (Lipinski definition) is 3. The lowest BCUT2D eigenvalue weighted by Gasteiger charge is -1.93. The van der Waals surface area contributed by atoms with E-state index in [1.807, 2.05) is 12.1 Å². The largest absolute Gasteiger partial charge is 0.461 e. The Kier molecular flexibility index (Phi) is 2.29. The van der Waals surface area contributed by atoms with Crippen LogP contribution < -0.4 is 10.6 Å². The first-order chi connectivity index (χ1) is 8.13. The van der Waals surface area contributed by atoms with E-state index >= 15 is 0 Å². The van der Waals surface area contributed by atoms with Gasteiger partial charge in [-0.3, -0.25) is 10.1 Å². The summed E-state index contributed by atoms with van der Waals surface area (Å²) in [7, 11) is 0. The molecular weight excluding hydrogens is 236 g/mol. The van der Waals surface area contributed by atoms with Gasteiger partial charge in [0, 0.05) is 12.0 Å². The van der Waals surface area contributed by atoms with E-state index in [1.54, 1.807) is 6.08 Å². The molecule has 2 N–H and O–H groups in total. The van der Waals surface area contributed by atoms with Crippen molar-refractivity contribution < 1.29 is 9.21 Å². The van der Waals surface area contributed by atoms with E-state index in [1.165, 1.54) is 6.42 Å². The maximum atomic E-state index is 11.4. The number of hydrogen-bond donors (Lipinski definition) is 2. The molecule has 88 valence electrons. The molecule has 3 rings (SSSR count). The Morgan fingerprint density at radius 2 is 2.24 bits per heavy atom. The molecule has 0 aromatic carbocycles. The van der Waals surface area contributed by atoms with E-state index in [2.05, 4.69) is 17.6 Å². The van der Waals surface area contributed by atoms with Crippen LogP contribution in [-0.4, -0.2) is 11.0 Å². The second-order valence-corrected chi connectivity index (χ2v) is 4.93. The highest BCUT2D eigenvalue weighted by Crippen LogP contribution is 2.47. The summed E-state index contributed by atoms with van der Waals surface area (Å²) in [6.45, 7) is 2.20. The standard InChI is InChI=1S/C12H12N2O2S/c1-6-4-8(6)10-3-2-7(16-10)5-9-11(15)14-12(17)13-9/h2-3,5-6,8H,4H2,1H3,(H2,13,14,15,17)/b9-5-/t6-,8+/m1/s1. The van der Waals surface area contributed by atoms with Crippen LogP contribution in [0.25, 0.3) is 6.08 Å². The van der Waals surface area contributed by atoms with Crippen LogP contribution in [-0.2, 0) is 4.79 Å². The van der Waals surface area contributed by atoms with Gasteiger partial charge in [0.05, 0.1) is 0 Å². The number of nitrogens with one attached hydrogen (secondary N) is 2. The van der Waals surface area contributed by atoms with E-state index in [-0.39, 0.29) is 5.91 Å². The van der Waals surface area contributed by atoms with Crippen molar-refractivity contribution in [3.05, 3.63) is 29.4 Å². The third-order valence-electron chi connectivity index (χ3n) is 3.13. The zero-order valence-corrected chi connectivity index (χ0v) is 10.1. The molecule has 0 bridgehead atoms. The fourth-order valence-corrected chi connectivity index (χ4v) is 2.19. The summed E-state index contributed by atoms with van der Waals surface area (Å²) >= 11 is 4.85. The van der Waals surface area contributed by atoms with E-state index in [9.17, 15) is 4.79 Å². The summed E-state index contributed by atoms with van der Waals surface area (Å²) in [5, 5.41) is 5.63. The summed E-state index contributed by atoms with van der Waals surface area (Å²) in [5.41, 5.74) is 0.430. The first-order valence-corrected chi connectivity index (χ1v) is 5.98. The van der Waals surface area contributed by atoms with Crippen LogP contribution >= 0.6 is 12.2 Å². The quantitative estimate of drug-likeness (QED) is 0.618. The van der Waals surface area contributed by atoms with E-state index in [0.29, 0.717) is 28.4 Å². The Bertz CT molecular complexity index is 532. The summed E-state index contributed by atoms with van der Waals surface area (Å²) in [5.74, 6) is 2.73. The Morgan fingerprint density at radius 3 is 2.82 bits per heavy atom. The van der Waals surface area contributed by atoms with Gasteiger partial charge in [-0.15, -0.1) is 0 Å². The van der Waals surface area contributed by atoms with E-state index < -0.39 is 0 Å². The summed E-state index contributed by atoms with van der Waals surface area (Å²) in [6.07, 6.45) is 2.86. The molecule has 4 nitrogen and oxygen atoms in total. The molecule has 2 aliphatic rings. The molecule has 1 amide bonds. The maximum Gasteiger partial charge on any atom is 0.274 e. The zero-order chi connectivity index (χ0) is 12.0. The molecule has 0 spiro atoms. The van der Waals surface area contributed by atoms with Crippen LogP contribution in [0, 0.1) is 5.92 Å². The minimum Gasteiger partial charge on any atom is -0.461 e. The third-order valence-corrected chi connectivity index (χ3v) is 3.33. The summed E-state index contributed by atoms with van der Waals surface area (Å²) in [4.78, 5) is 11.4. The molecule has 0 radical (unpaired) electrons. The van der Waals surface area contributed by atoms with Gasteiger partial charge in [-0.1, -0.05) is 6.92 Å². The lowest BCUT2D eigenvalue weighted by Crippen LogP contribution is -2.21. The van der Waals surface area contributed by atoms with Crippen molar-refractivity contribution in [2.75, 3.05) is 0 Å². The molecule has 2 fully saturated rings. The maximum absolute atomic E-state index is 11.4. The van der Waals surface area contributed by atoms with Gasteiger partial charge in [-0.25, -0.2) is 0 Å². The van der Waals surface area contributed by atoms with Crippen molar-refractivity contribution in [3.8, 4) is 0 Å². The molecule has 1 aromatic rings. The van der Waals surface area contributed by atoms with E-state index in [4.69, 9.17) is 16.6 Å². The van der Waals surface area contributed by atoms with Crippen LogP contribution in [0.4, 0.5) is 0 Å². The van der Waals surface area contributed by atoms with Gasteiger partial charge in [0.15, 0.2) is 5.11 Å². The number of furan rings is 1. The predicted octanol–water partition coefficient (Wildman–Crippen LogP) is 1.75. The molecule has 5 heteroatoms. The van der Waals surface area contributed by atoms with Crippen molar-refractivity contribution in [3.63, 3.8) is 0 Å². The average Bonchev–Trinajstić information content (AvgIpc) is 2.71.